The maximum absolute atomic E-state index is 2.63. The third kappa shape index (κ3) is 3.10. The standard InChI is InChI=1S/C19H23N/c1-16-14-18-11-5-6-12-19(18)15-20(16)13-7-10-17-8-3-2-4-9-17/h2-6,8-9,11-12,16H,7,10,13-15H2,1H3. The molecule has 0 amide bonds. The molecule has 0 radical (unpaired) electrons. The Morgan fingerprint density at radius 2 is 1.65 bits per heavy atom. The van der Waals surface area contributed by atoms with Crippen molar-refractivity contribution in [1.29, 1.82) is 0 Å². The minimum absolute atomic E-state index is 0.667. The van der Waals surface area contributed by atoms with Crippen molar-refractivity contribution in [2.45, 2.75) is 38.8 Å². The molecular formula is C19H23N. The smallest absolute Gasteiger partial charge is 0.0239 e. The Kier molecular flexibility index (Phi) is 4.17. The molecule has 1 atom stereocenters. The largest absolute Gasteiger partial charge is 0.296 e. The number of fused-ring (bicyclic) bond motifs is 1. The summed E-state index contributed by atoms with van der Waals surface area (Å²) in [7, 11) is 0. The first kappa shape index (κ1) is 13.4. The normalized spacial score (nSPS) is 18.8. The predicted octanol–water partition coefficient (Wildman–Crippen LogP) is 4.07. The second-order valence-electron chi connectivity index (χ2n) is 5.88. The van der Waals surface area contributed by atoms with E-state index in [0.29, 0.717) is 6.04 Å². The fourth-order valence-electron chi connectivity index (χ4n) is 3.16. The molecule has 1 nitrogen and oxygen atoms in total. The second kappa shape index (κ2) is 6.23. The van der Waals surface area contributed by atoms with Crippen LogP contribution in [0, 0.1) is 0 Å². The van der Waals surface area contributed by atoms with Crippen LogP contribution in [0.1, 0.15) is 30.0 Å². The fourth-order valence-corrected chi connectivity index (χ4v) is 3.16. The zero-order valence-corrected chi connectivity index (χ0v) is 12.3. The Morgan fingerprint density at radius 3 is 2.45 bits per heavy atom. The minimum Gasteiger partial charge on any atom is -0.296 e. The highest BCUT2D eigenvalue weighted by molar-refractivity contribution is 5.29. The Hall–Kier alpha value is -1.60. The first-order valence-corrected chi connectivity index (χ1v) is 7.67. The lowest BCUT2D eigenvalue weighted by atomic mass is 9.94. The number of hydrogen-bond acceptors (Lipinski definition) is 1. The maximum atomic E-state index is 2.63. The molecule has 1 unspecified atom stereocenters. The van der Waals surface area contributed by atoms with Crippen LogP contribution in [0.4, 0.5) is 0 Å². The van der Waals surface area contributed by atoms with Gasteiger partial charge in [-0.25, -0.2) is 0 Å². The number of hydrogen-bond donors (Lipinski definition) is 0. The molecule has 20 heavy (non-hydrogen) atoms. The fraction of sp³-hybridized carbons (Fsp3) is 0.368. The van der Waals surface area contributed by atoms with Crippen LogP contribution in [-0.4, -0.2) is 17.5 Å². The number of nitrogens with zero attached hydrogens (tertiary/aromatic N) is 1. The molecule has 0 saturated carbocycles. The molecule has 0 saturated heterocycles. The molecule has 3 rings (SSSR count). The third-order valence-corrected chi connectivity index (χ3v) is 4.38. The van der Waals surface area contributed by atoms with E-state index in [1.165, 1.54) is 36.9 Å². The van der Waals surface area contributed by atoms with E-state index in [1.807, 2.05) is 0 Å². The Bertz CT molecular complexity index is 547. The molecule has 1 aliphatic rings. The van der Waals surface area contributed by atoms with E-state index < -0.39 is 0 Å². The summed E-state index contributed by atoms with van der Waals surface area (Å²) in [6.07, 6.45) is 3.63. The van der Waals surface area contributed by atoms with Gasteiger partial charge in [0.15, 0.2) is 0 Å². The summed E-state index contributed by atoms with van der Waals surface area (Å²) in [5.41, 5.74) is 4.52. The van der Waals surface area contributed by atoms with E-state index in [1.54, 1.807) is 5.56 Å². The van der Waals surface area contributed by atoms with E-state index in [0.717, 1.165) is 6.54 Å². The lowest BCUT2D eigenvalue weighted by molar-refractivity contribution is 0.182. The Balaban J connectivity index is 1.56. The van der Waals surface area contributed by atoms with Crippen LogP contribution in [-0.2, 0) is 19.4 Å². The van der Waals surface area contributed by atoms with Gasteiger partial charge in [0.05, 0.1) is 0 Å². The molecule has 1 heterocycles. The van der Waals surface area contributed by atoms with E-state index >= 15 is 0 Å². The van der Waals surface area contributed by atoms with Crippen LogP contribution in [0.15, 0.2) is 54.6 Å². The van der Waals surface area contributed by atoms with Crippen LogP contribution in [0.5, 0.6) is 0 Å². The molecule has 104 valence electrons. The lowest BCUT2D eigenvalue weighted by Crippen LogP contribution is -2.39. The van der Waals surface area contributed by atoms with Gasteiger partial charge < -0.3 is 0 Å². The Labute approximate surface area is 122 Å². The monoisotopic (exact) mass is 265 g/mol. The van der Waals surface area contributed by atoms with Gasteiger partial charge in [0.1, 0.15) is 0 Å². The van der Waals surface area contributed by atoms with Crippen molar-refractivity contribution < 1.29 is 0 Å². The van der Waals surface area contributed by atoms with E-state index in [9.17, 15) is 0 Å². The topological polar surface area (TPSA) is 3.24 Å². The highest BCUT2D eigenvalue weighted by atomic mass is 15.2. The van der Waals surface area contributed by atoms with Crippen molar-refractivity contribution in [3.63, 3.8) is 0 Å². The third-order valence-electron chi connectivity index (χ3n) is 4.38. The molecule has 0 spiro atoms. The SMILES string of the molecule is CC1Cc2ccccc2CN1CCCc1ccccc1. The van der Waals surface area contributed by atoms with E-state index in [2.05, 4.69) is 66.4 Å². The van der Waals surface area contributed by atoms with Crippen LogP contribution in [0.3, 0.4) is 0 Å². The van der Waals surface area contributed by atoms with Crippen LogP contribution in [0.2, 0.25) is 0 Å². The van der Waals surface area contributed by atoms with Gasteiger partial charge in [-0.15, -0.1) is 0 Å². The van der Waals surface area contributed by atoms with Gasteiger partial charge >= 0.3 is 0 Å². The van der Waals surface area contributed by atoms with Crippen molar-refractivity contribution in [2.75, 3.05) is 6.54 Å². The highest BCUT2D eigenvalue weighted by Gasteiger charge is 2.21. The van der Waals surface area contributed by atoms with Crippen LogP contribution in [0.25, 0.3) is 0 Å². The molecule has 0 aromatic heterocycles. The van der Waals surface area contributed by atoms with Gasteiger partial charge in [-0.05, 0) is 49.4 Å². The summed E-state index contributed by atoms with van der Waals surface area (Å²) in [6.45, 7) is 4.68. The second-order valence-corrected chi connectivity index (χ2v) is 5.88. The highest BCUT2D eigenvalue weighted by Crippen LogP contribution is 2.23. The zero-order valence-electron chi connectivity index (χ0n) is 12.3. The molecule has 2 aromatic carbocycles. The van der Waals surface area contributed by atoms with Gasteiger partial charge in [0.2, 0.25) is 0 Å². The lowest BCUT2D eigenvalue weighted by Gasteiger charge is -2.34. The average molecular weight is 265 g/mol. The maximum Gasteiger partial charge on any atom is 0.0239 e. The van der Waals surface area contributed by atoms with E-state index in [-0.39, 0.29) is 0 Å². The van der Waals surface area contributed by atoms with Crippen molar-refractivity contribution in [3.05, 3.63) is 71.3 Å². The summed E-state index contributed by atoms with van der Waals surface area (Å²) in [4.78, 5) is 2.63. The average Bonchev–Trinajstić information content (AvgIpc) is 2.49. The molecule has 0 fully saturated rings. The first-order valence-electron chi connectivity index (χ1n) is 7.67. The molecule has 2 aromatic rings. The molecule has 1 aliphatic heterocycles. The van der Waals surface area contributed by atoms with Crippen LogP contribution < -0.4 is 0 Å². The quantitative estimate of drug-likeness (QED) is 0.805. The number of aryl methyl sites for hydroxylation is 1. The molecule has 0 aliphatic carbocycles. The molecular weight excluding hydrogens is 242 g/mol. The van der Waals surface area contributed by atoms with Crippen molar-refractivity contribution in [1.82, 2.24) is 4.90 Å². The van der Waals surface area contributed by atoms with Gasteiger partial charge in [-0.3, -0.25) is 4.90 Å². The molecule has 0 N–H and O–H groups in total. The minimum atomic E-state index is 0.667. The van der Waals surface area contributed by atoms with Gasteiger partial charge in [0, 0.05) is 12.6 Å². The number of benzene rings is 2. The van der Waals surface area contributed by atoms with Crippen molar-refractivity contribution >= 4 is 0 Å². The molecule has 0 bridgehead atoms. The summed E-state index contributed by atoms with van der Waals surface area (Å²) >= 11 is 0. The summed E-state index contributed by atoms with van der Waals surface area (Å²) in [5, 5.41) is 0. The first-order chi connectivity index (χ1) is 9.83. The Morgan fingerprint density at radius 1 is 0.950 bits per heavy atom. The number of rotatable bonds is 4. The van der Waals surface area contributed by atoms with Gasteiger partial charge in [-0.1, -0.05) is 54.6 Å². The van der Waals surface area contributed by atoms with Gasteiger partial charge in [0.25, 0.3) is 0 Å². The van der Waals surface area contributed by atoms with Gasteiger partial charge in [-0.2, -0.15) is 0 Å². The van der Waals surface area contributed by atoms with Crippen molar-refractivity contribution in [3.8, 4) is 0 Å². The summed E-state index contributed by atoms with van der Waals surface area (Å²) in [5.74, 6) is 0. The predicted molar refractivity (Wildman–Crippen MR) is 84.8 cm³/mol. The zero-order chi connectivity index (χ0) is 13.8. The van der Waals surface area contributed by atoms with Crippen molar-refractivity contribution in [2.24, 2.45) is 0 Å². The molecule has 1 heteroatoms. The summed E-state index contributed by atoms with van der Waals surface area (Å²) < 4.78 is 0. The van der Waals surface area contributed by atoms with E-state index in [4.69, 9.17) is 0 Å². The summed E-state index contributed by atoms with van der Waals surface area (Å²) in [6, 6.07) is 20.4. The van der Waals surface area contributed by atoms with Crippen LogP contribution >= 0.6 is 0 Å².